The summed E-state index contributed by atoms with van der Waals surface area (Å²) < 4.78 is 16.4. The fourth-order valence-corrected chi connectivity index (χ4v) is 6.33. The second-order valence-electron chi connectivity index (χ2n) is 10.0. The number of dihydropyridines is 1. The van der Waals surface area contributed by atoms with Gasteiger partial charge in [0.25, 0.3) is 0 Å². The second kappa shape index (κ2) is 12.1. The molecule has 1 aliphatic carbocycles. The summed E-state index contributed by atoms with van der Waals surface area (Å²) in [5, 5.41) is 27.7. The van der Waals surface area contributed by atoms with Crippen LogP contribution in [0.5, 0.6) is 17.2 Å². The van der Waals surface area contributed by atoms with E-state index < -0.39 is 28.2 Å². The van der Waals surface area contributed by atoms with E-state index >= 15 is 0 Å². The highest BCUT2D eigenvalue weighted by Crippen LogP contribution is 2.49. The van der Waals surface area contributed by atoms with Gasteiger partial charge in [0, 0.05) is 46.2 Å². The molecule has 1 aromatic heterocycles. The number of nitro benzene ring substituents is 1. The lowest BCUT2D eigenvalue weighted by atomic mass is 9.72. The maximum Gasteiger partial charge on any atom is 0.337 e. The van der Waals surface area contributed by atoms with E-state index in [4.69, 9.17) is 14.2 Å². The third kappa shape index (κ3) is 5.60. The molecule has 0 radical (unpaired) electrons. The number of rotatable bonds is 9. The number of esters is 1. The number of methoxy groups -OCH3 is 1. The summed E-state index contributed by atoms with van der Waals surface area (Å²) in [6, 6.07) is 13.7. The summed E-state index contributed by atoms with van der Waals surface area (Å²) in [5.41, 5.74) is 2.07. The number of nitrogens with one attached hydrogen (secondary N) is 1. The highest BCUT2D eigenvalue weighted by Gasteiger charge is 2.42. The lowest BCUT2D eigenvalue weighted by molar-refractivity contribution is -0.386. The maximum atomic E-state index is 13.8. The summed E-state index contributed by atoms with van der Waals surface area (Å²) >= 11 is 1.58. The first-order valence-electron chi connectivity index (χ1n) is 13.4. The average molecular weight is 591 g/mol. The number of carbonyl (C=O) groups excluding carboxylic acids is 2. The zero-order valence-corrected chi connectivity index (χ0v) is 24.2. The number of Topliss-reactive ketones (excluding diaryl/α,β-unsaturated/α-hetero) is 1. The molecule has 2 atom stereocenters. The highest BCUT2D eigenvalue weighted by molar-refractivity contribution is 7.10. The normalized spacial score (nSPS) is 18.3. The Balaban J connectivity index is 1.58. The van der Waals surface area contributed by atoms with E-state index in [2.05, 4.69) is 5.32 Å². The minimum atomic E-state index is -0.972. The number of aromatic hydroxyl groups is 1. The minimum absolute atomic E-state index is 0.0334. The molecular formula is C31H30N2O8S. The molecule has 2 heterocycles. The smallest absolute Gasteiger partial charge is 0.337 e. The molecule has 0 spiro atoms. The van der Waals surface area contributed by atoms with Gasteiger partial charge in [0.1, 0.15) is 12.4 Å². The van der Waals surface area contributed by atoms with Crippen molar-refractivity contribution in [3.63, 3.8) is 0 Å². The largest absolute Gasteiger partial charge is 0.500 e. The van der Waals surface area contributed by atoms with Gasteiger partial charge in [-0.3, -0.25) is 14.9 Å². The zero-order chi connectivity index (χ0) is 30.0. The van der Waals surface area contributed by atoms with E-state index in [0.717, 1.165) is 10.4 Å². The SMILES string of the molecule is CCOc1cc([C@@H]2C(C(=O)OCc3ccc(OC)cc3)=C(C)NC3=C2C(=O)C[C@@H](c2cccs2)C3)cc([N+](=O)[O-])c1O. The summed E-state index contributed by atoms with van der Waals surface area (Å²) in [6.45, 7) is 3.51. The summed E-state index contributed by atoms with van der Waals surface area (Å²) in [7, 11) is 1.56. The van der Waals surface area contributed by atoms with E-state index in [1.807, 2.05) is 17.5 Å². The molecule has 0 bridgehead atoms. The number of benzene rings is 2. The van der Waals surface area contributed by atoms with Crippen LogP contribution in [-0.4, -0.2) is 35.5 Å². The third-order valence-electron chi connectivity index (χ3n) is 7.43. The monoisotopic (exact) mass is 590 g/mol. The first kappa shape index (κ1) is 28.9. The molecule has 0 fully saturated rings. The molecular weight excluding hydrogens is 560 g/mol. The first-order valence-corrected chi connectivity index (χ1v) is 14.3. The van der Waals surface area contributed by atoms with Crippen molar-refractivity contribution in [1.82, 2.24) is 5.32 Å². The standard InChI is InChI=1S/C31H30N2O8S/c1-4-40-25-15-20(13-23(30(25)35)33(37)38)28-27(31(36)41-16-18-7-9-21(39-3)10-8-18)17(2)32-22-12-19(14-24(34)29(22)28)26-6-5-11-42-26/h5-11,13,15,19,28,32,35H,4,12,14,16H2,1-3H3/t19-,28+/m0/s1. The number of phenols is 1. The van der Waals surface area contributed by atoms with Crippen LogP contribution in [-0.2, 0) is 20.9 Å². The molecule has 0 unspecified atom stereocenters. The molecule has 3 aromatic rings. The van der Waals surface area contributed by atoms with Crippen molar-refractivity contribution in [3.8, 4) is 17.2 Å². The molecule has 218 valence electrons. The van der Waals surface area contributed by atoms with Gasteiger partial charge in [0.2, 0.25) is 5.75 Å². The second-order valence-corrected chi connectivity index (χ2v) is 11.0. The van der Waals surface area contributed by atoms with Crippen LogP contribution in [0.4, 0.5) is 5.69 Å². The number of carbonyl (C=O) groups is 2. The van der Waals surface area contributed by atoms with Crippen molar-refractivity contribution in [3.05, 3.63) is 103 Å². The van der Waals surface area contributed by atoms with Crippen LogP contribution in [0.3, 0.4) is 0 Å². The van der Waals surface area contributed by atoms with Gasteiger partial charge in [0.05, 0.1) is 24.2 Å². The van der Waals surface area contributed by atoms with Gasteiger partial charge in [-0.05, 0) is 61.0 Å². The van der Waals surface area contributed by atoms with Gasteiger partial charge < -0.3 is 24.6 Å². The van der Waals surface area contributed by atoms with Crippen molar-refractivity contribution in [2.75, 3.05) is 13.7 Å². The van der Waals surface area contributed by atoms with Crippen molar-refractivity contribution in [2.24, 2.45) is 0 Å². The Bertz CT molecular complexity index is 1590. The Labute approximate surface area is 246 Å². The Morgan fingerprint density at radius 2 is 1.95 bits per heavy atom. The lowest BCUT2D eigenvalue weighted by Crippen LogP contribution is -2.36. The summed E-state index contributed by atoms with van der Waals surface area (Å²) in [5.74, 6) is -1.91. The van der Waals surface area contributed by atoms with E-state index in [1.54, 1.807) is 56.6 Å². The van der Waals surface area contributed by atoms with Gasteiger partial charge in [-0.25, -0.2) is 4.79 Å². The molecule has 10 nitrogen and oxygen atoms in total. The first-order chi connectivity index (χ1) is 20.2. The molecule has 2 N–H and O–H groups in total. The Kier molecular flexibility index (Phi) is 8.30. The van der Waals surface area contributed by atoms with Crippen LogP contribution in [0.15, 0.2) is 76.5 Å². The lowest BCUT2D eigenvalue weighted by Gasteiger charge is -2.36. The van der Waals surface area contributed by atoms with Crippen LogP contribution in [0.25, 0.3) is 0 Å². The molecule has 2 aliphatic rings. The fourth-order valence-electron chi connectivity index (χ4n) is 5.50. The van der Waals surface area contributed by atoms with Gasteiger partial charge in [0.15, 0.2) is 11.5 Å². The van der Waals surface area contributed by atoms with Crippen molar-refractivity contribution >= 4 is 28.8 Å². The molecule has 42 heavy (non-hydrogen) atoms. The number of hydrogen-bond donors (Lipinski definition) is 2. The molecule has 2 aromatic carbocycles. The Morgan fingerprint density at radius 1 is 1.19 bits per heavy atom. The summed E-state index contributed by atoms with van der Waals surface area (Å²) in [4.78, 5) is 39.8. The number of ketones is 1. The van der Waals surface area contributed by atoms with Gasteiger partial charge in [-0.2, -0.15) is 0 Å². The third-order valence-corrected chi connectivity index (χ3v) is 8.46. The zero-order valence-electron chi connectivity index (χ0n) is 23.3. The Morgan fingerprint density at radius 3 is 2.60 bits per heavy atom. The summed E-state index contributed by atoms with van der Waals surface area (Å²) in [6.07, 6.45) is 0.755. The molecule has 1 aliphatic heterocycles. The maximum absolute atomic E-state index is 13.8. The quantitative estimate of drug-likeness (QED) is 0.178. The Hall–Kier alpha value is -4.64. The molecule has 0 saturated carbocycles. The van der Waals surface area contributed by atoms with Crippen LogP contribution < -0.4 is 14.8 Å². The topological polar surface area (TPSA) is 137 Å². The van der Waals surface area contributed by atoms with Gasteiger partial charge in [-0.1, -0.05) is 18.2 Å². The van der Waals surface area contributed by atoms with Crippen LogP contribution in [0, 0.1) is 10.1 Å². The number of thiophene rings is 1. The van der Waals surface area contributed by atoms with Gasteiger partial charge >= 0.3 is 11.7 Å². The number of hydrogen-bond acceptors (Lipinski definition) is 10. The van der Waals surface area contributed by atoms with Crippen molar-refractivity contribution in [2.45, 2.75) is 45.1 Å². The highest BCUT2D eigenvalue weighted by atomic mass is 32.1. The molecule has 0 amide bonds. The number of phenolic OH excluding ortho intramolecular Hbond substituents is 1. The van der Waals surface area contributed by atoms with E-state index in [1.165, 1.54) is 12.1 Å². The number of ether oxygens (including phenoxy) is 3. The van der Waals surface area contributed by atoms with Crippen LogP contribution >= 0.6 is 11.3 Å². The van der Waals surface area contributed by atoms with Crippen LogP contribution in [0.1, 0.15) is 54.5 Å². The van der Waals surface area contributed by atoms with E-state index in [0.29, 0.717) is 29.1 Å². The predicted molar refractivity (Wildman–Crippen MR) is 156 cm³/mol. The molecule has 5 rings (SSSR count). The minimum Gasteiger partial charge on any atom is -0.500 e. The fraction of sp³-hybridized carbons (Fsp3) is 0.290. The van der Waals surface area contributed by atoms with E-state index in [9.17, 15) is 24.8 Å². The number of allylic oxidation sites excluding steroid dienone is 3. The number of nitro groups is 1. The average Bonchev–Trinajstić information content (AvgIpc) is 3.52. The van der Waals surface area contributed by atoms with E-state index in [-0.39, 0.29) is 48.2 Å². The molecule has 0 saturated heterocycles. The van der Waals surface area contributed by atoms with Gasteiger partial charge in [-0.15, -0.1) is 11.3 Å². The predicted octanol–water partition coefficient (Wildman–Crippen LogP) is 5.87. The number of nitrogens with zero attached hydrogens (tertiary/aromatic N) is 1. The van der Waals surface area contributed by atoms with Crippen LogP contribution in [0.2, 0.25) is 0 Å². The van der Waals surface area contributed by atoms with Crippen molar-refractivity contribution < 1.29 is 33.8 Å². The van der Waals surface area contributed by atoms with Crippen molar-refractivity contribution in [1.29, 1.82) is 0 Å². The molecule has 11 heteroatoms.